The molecule has 3 aromatic rings. The molecule has 0 saturated heterocycles. The van der Waals surface area contributed by atoms with Crippen molar-refractivity contribution in [2.24, 2.45) is 0 Å². The summed E-state index contributed by atoms with van der Waals surface area (Å²) in [5.74, 6) is 0.144. The lowest BCUT2D eigenvalue weighted by atomic mass is 9.94. The number of fused-ring (bicyclic) bond motifs is 1. The second-order valence-corrected chi connectivity index (χ2v) is 5.35. The van der Waals surface area contributed by atoms with Crippen molar-refractivity contribution in [1.82, 2.24) is 4.98 Å². The number of Topliss-reactive ketones (excluding diaryl/α,β-unsaturated/α-hetero) is 1. The summed E-state index contributed by atoms with van der Waals surface area (Å²) in [6, 6.07) is 15.7. The number of ketones is 1. The molecule has 1 heterocycles. The smallest absolute Gasteiger partial charge is 0.167 e. The van der Waals surface area contributed by atoms with Gasteiger partial charge in [0.1, 0.15) is 0 Å². The van der Waals surface area contributed by atoms with Crippen LogP contribution in [0.2, 0.25) is 0 Å². The van der Waals surface area contributed by atoms with Crippen LogP contribution in [-0.4, -0.2) is 10.8 Å². The van der Waals surface area contributed by atoms with Crippen molar-refractivity contribution in [3.05, 3.63) is 77.0 Å². The summed E-state index contributed by atoms with van der Waals surface area (Å²) in [6.07, 6.45) is 2.15. The minimum absolute atomic E-state index is 0.144. The van der Waals surface area contributed by atoms with Crippen LogP contribution in [0.4, 0.5) is 0 Å². The molecule has 2 nitrogen and oxygen atoms in total. The molecule has 0 bridgehead atoms. The van der Waals surface area contributed by atoms with Gasteiger partial charge in [0.05, 0.1) is 5.52 Å². The number of pyridine rings is 1. The molecule has 104 valence electrons. The Morgan fingerprint density at radius 1 is 0.952 bits per heavy atom. The van der Waals surface area contributed by atoms with E-state index >= 15 is 0 Å². The van der Waals surface area contributed by atoms with E-state index in [-0.39, 0.29) is 5.78 Å². The van der Waals surface area contributed by atoms with E-state index in [0.717, 1.165) is 22.0 Å². The fourth-order valence-electron chi connectivity index (χ4n) is 2.72. The van der Waals surface area contributed by atoms with Crippen LogP contribution in [0.5, 0.6) is 0 Å². The lowest BCUT2D eigenvalue weighted by molar-refractivity contribution is 0.0994. The molecule has 0 spiro atoms. The molecule has 2 aromatic carbocycles. The highest BCUT2D eigenvalue weighted by molar-refractivity contribution is 6.08. The molecule has 0 aliphatic carbocycles. The Bertz CT molecular complexity index is 795. The molecule has 0 amide bonds. The number of aromatic nitrogens is 1. The number of benzene rings is 2. The van der Waals surface area contributed by atoms with Gasteiger partial charge in [-0.25, -0.2) is 0 Å². The van der Waals surface area contributed by atoms with E-state index in [9.17, 15) is 4.79 Å². The maximum Gasteiger partial charge on any atom is 0.167 e. The van der Waals surface area contributed by atoms with Crippen molar-refractivity contribution < 1.29 is 4.79 Å². The summed E-state index contributed by atoms with van der Waals surface area (Å²) < 4.78 is 0. The lowest BCUT2D eigenvalue weighted by Crippen LogP contribution is -2.07. The first-order valence-electron chi connectivity index (χ1n) is 7.09. The predicted molar refractivity (Wildman–Crippen MR) is 85.7 cm³/mol. The van der Waals surface area contributed by atoms with Crippen molar-refractivity contribution in [3.63, 3.8) is 0 Å². The third-order valence-corrected chi connectivity index (χ3v) is 3.93. The van der Waals surface area contributed by atoms with E-state index in [0.29, 0.717) is 6.42 Å². The molecular weight excluding hydrogens is 258 g/mol. The Morgan fingerprint density at radius 2 is 1.67 bits per heavy atom. The molecule has 0 unspecified atom stereocenters. The van der Waals surface area contributed by atoms with Crippen molar-refractivity contribution >= 4 is 16.7 Å². The number of hydrogen-bond acceptors (Lipinski definition) is 2. The minimum Gasteiger partial charge on any atom is -0.294 e. The average molecular weight is 275 g/mol. The minimum atomic E-state index is 0.144. The van der Waals surface area contributed by atoms with Gasteiger partial charge in [-0.3, -0.25) is 9.78 Å². The van der Waals surface area contributed by atoms with Crippen LogP contribution in [0.15, 0.2) is 54.7 Å². The summed E-state index contributed by atoms with van der Waals surface area (Å²) in [6.45, 7) is 4.11. The highest BCUT2D eigenvalue weighted by atomic mass is 16.1. The highest BCUT2D eigenvalue weighted by Gasteiger charge is 2.13. The summed E-state index contributed by atoms with van der Waals surface area (Å²) in [7, 11) is 0. The van der Waals surface area contributed by atoms with Crippen LogP contribution in [0.25, 0.3) is 10.9 Å². The largest absolute Gasteiger partial charge is 0.294 e. The number of hydrogen-bond donors (Lipinski definition) is 0. The molecule has 0 aliphatic rings. The molecule has 0 aliphatic heterocycles. The molecule has 0 radical (unpaired) electrons. The zero-order valence-electron chi connectivity index (χ0n) is 12.3. The van der Waals surface area contributed by atoms with Crippen molar-refractivity contribution in [2.45, 2.75) is 20.3 Å². The van der Waals surface area contributed by atoms with Gasteiger partial charge < -0.3 is 0 Å². The SMILES string of the molecule is Cc1cccc(C)c1CC(=O)c1ccnc2ccccc12. The summed E-state index contributed by atoms with van der Waals surface area (Å²) in [4.78, 5) is 17.0. The highest BCUT2D eigenvalue weighted by Crippen LogP contribution is 2.20. The Balaban J connectivity index is 2.02. The van der Waals surface area contributed by atoms with E-state index in [1.54, 1.807) is 6.20 Å². The predicted octanol–water partition coefficient (Wildman–Crippen LogP) is 4.28. The van der Waals surface area contributed by atoms with Gasteiger partial charge in [0.15, 0.2) is 5.78 Å². The van der Waals surface area contributed by atoms with Crippen LogP contribution in [0.3, 0.4) is 0 Å². The molecule has 0 fully saturated rings. The third kappa shape index (κ3) is 2.57. The second kappa shape index (κ2) is 5.49. The molecular formula is C19H17NO. The quantitative estimate of drug-likeness (QED) is 0.668. The molecule has 3 rings (SSSR count). The van der Waals surface area contributed by atoms with Gasteiger partial charge in [0.2, 0.25) is 0 Å². The van der Waals surface area contributed by atoms with E-state index in [1.807, 2.05) is 36.4 Å². The van der Waals surface area contributed by atoms with Gasteiger partial charge in [0, 0.05) is 23.6 Å². The lowest BCUT2D eigenvalue weighted by Gasteiger charge is -2.10. The standard InChI is InChI=1S/C19H17NO/c1-13-6-5-7-14(2)17(13)12-19(21)16-10-11-20-18-9-4-3-8-15(16)18/h3-11H,12H2,1-2H3. The van der Waals surface area contributed by atoms with E-state index in [4.69, 9.17) is 0 Å². The van der Waals surface area contributed by atoms with Crippen molar-refractivity contribution in [3.8, 4) is 0 Å². The van der Waals surface area contributed by atoms with Crippen LogP contribution in [0.1, 0.15) is 27.0 Å². The zero-order chi connectivity index (χ0) is 14.8. The summed E-state index contributed by atoms with van der Waals surface area (Å²) >= 11 is 0. The molecule has 0 saturated carbocycles. The number of rotatable bonds is 3. The number of nitrogens with zero attached hydrogens (tertiary/aromatic N) is 1. The van der Waals surface area contributed by atoms with Crippen LogP contribution < -0.4 is 0 Å². The molecule has 0 atom stereocenters. The number of carbonyl (C=O) groups excluding carboxylic acids is 1. The number of carbonyl (C=O) groups is 1. The fraction of sp³-hybridized carbons (Fsp3) is 0.158. The number of aryl methyl sites for hydroxylation is 2. The first-order valence-corrected chi connectivity index (χ1v) is 7.09. The van der Waals surface area contributed by atoms with Crippen LogP contribution >= 0.6 is 0 Å². The second-order valence-electron chi connectivity index (χ2n) is 5.35. The third-order valence-electron chi connectivity index (χ3n) is 3.93. The van der Waals surface area contributed by atoms with Gasteiger partial charge in [0.25, 0.3) is 0 Å². The van der Waals surface area contributed by atoms with Gasteiger partial charge in [-0.15, -0.1) is 0 Å². The molecule has 1 aromatic heterocycles. The maximum absolute atomic E-state index is 12.7. The Morgan fingerprint density at radius 3 is 2.43 bits per heavy atom. The van der Waals surface area contributed by atoms with Gasteiger partial charge in [-0.1, -0.05) is 36.4 Å². The normalized spacial score (nSPS) is 10.8. The average Bonchev–Trinajstić information content (AvgIpc) is 2.50. The van der Waals surface area contributed by atoms with E-state index in [1.165, 1.54) is 11.1 Å². The Hall–Kier alpha value is -2.48. The maximum atomic E-state index is 12.7. The topological polar surface area (TPSA) is 30.0 Å². The Kier molecular flexibility index (Phi) is 3.53. The van der Waals surface area contributed by atoms with Crippen molar-refractivity contribution in [1.29, 1.82) is 0 Å². The summed E-state index contributed by atoms with van der Waals surface area (Å²) in [5, 5.41) is 0.927. The van der Waals surface area contributed by atoms with Crippen LogP contribution in [-0.2, 0) is 6.42 Å². The Labute approximate surface area is 124 Å². The first-order chi connectivity index (χ1) is 10.2. The molecule has 0 N–H and O–H groups in total. The molecule has 21 heavy (non-hydrogen) atoms. The van der Waals surface area contributed by atoms with Crippen molar-refractivity contribution in [2.75, 3.05) is 0 Å². The van der Waals surface area contributed by atoms with Gasteiger partial charge in [-0.2, -0.15) is 0 Å². The fourth-order valence-corrected chi connectivity index (χ4v) is 2.72. The summed E-state index contributed by atoms with van der Waals surface area (Å²) in [5.41, 5.74) is 5.08. The van der Waals surface area contributed by atoms with Gasteiger partial charge in [-0.05, 0) is 42.7 Å². The first kappa shape index (κ1) is 13.5. The van der Waals surface area contributed by atoms with Gasteiger partial charge >= 0.3 is 0 Å². The van der Waals surface area contributed by atoms with E-state index in [2.05, 4.69) is 31.0 Å². The zero-order valence-corrected chi connectivity index (χ0v) is 12.3. The monoisotopic (exact) mass is 275 g/mol. The van der Waals surface area contributed by atoms with Crippen LogP contribution in [0, 0.1) is 13.8 Å². The molecule has 2 heteroatoms. The van der Waals surface area contributed by atoms with E-state index < -0.39 is 0 Å². The number of para-hydroxylation sites is 1.